The van der Waals surface area contributed by atoms with Crippen molar-refractivity contribution in [1.29, 1.82) is 0 Å². The molecule has 3 heteroatoms. The lowest BCUT2D eigenvalue weighted by Gasteiger charge is -2.48. The molecule has 0 aliphatic carbocycles. The molecule has 1 spiro atoms. The van der Waals surface area contributed by atoms with E-state index in [1.54, 1.807) is 6.08 Å². The molecule has 2 heterocycles. The van der Waals surface area contributed by atoms with E-state index in [1.165, 1.54) is 12.8 Å². The zero-order valence-electron chi connectivity index (χ0n) is 9.68. The third-order valence-electron chi connectivity index (χ3n) is 3.55. The number of hydrogen-bond donors (Lipinski definition) is 1. The zero-order valence-corrected chi connectivity index (χ0v) is 9.68. The first-order valence-electron chi connectivity index (χ1n) is 5.76. The summed E-state index contributed by atoms with van der Waals surface area (Å²) in [7, 11) is 0. The number of hydrogen-bond acceptors (Lipinski definition) is 2. The highest BCUT2D eigenvalue weighted by Gasteiger charge is 2.40. The van der Waals surface area contributed by atoms with Gasteiger partial charge >= 0.3 is 0 Å². The molecule has 0 aromatic carbocycles. The van der Waals surface area contributed by atoms with E-state index in [4.69, 9.17) is 0 Å². The molecule has 0 aromatic heterocycles. The number of nitrogens with zero attached hydrogens (tertiary/aromatic N) is 1. The van der Waals surface area contributed by atoms with Gasteiger partial charge in [-0.25, -0.2) is 0 Å². The summed E-state index contributed by atoms with van der Waals surface area (Å²) in [5, 5.41) is 3.33. The molecular formula is C12H20N2O. The molecule has 0 radical (unpaired) electrons. The Kier molecular flexibility index (Phi) is 2.83. The van der Waals surface area contributed by atoms with Crippen LogP contribution in [-0.2, 0) is 4.79 Å². The van der Waals surface area contributed by atoms with Crippen molar-refractivity contribution in [3.63, 3.8) is 0 Å². The molecule has 0 atom stereocenters. The van der Waals surface area contributed by atoms with Crippen molar-refractivity contribution in [3.05, 3.63) is 11.6 Å². The molecule has 0 aromatic rings. The zero-order chi connectivity index (χ0) is 10.9. The van der Waals surface area contributed by atoms with Crippen LogP contribution in [0.4, 0.5) is 0 Å². The molecule has 1 N–H and O–H groups in total. The second-order valence-electron chi connectivity index (χ2n) is 5.15. The second kappa shape index (κ2) is 3.97. The smallest absolute Gasteiger partial charge is 0.246 e. The average molecular weight is 208 g/mol. The highest BCUT2D eigenvalue weighted by Crippen LogP contribution is 2.34. The van der Waals surface area contributed by atoms with Crippen LogP contribution in [0.25, 0.3) is 0 Å². The maximum Gasteiger partial charge on any atom is 0.246 e. The van der Waals surface area contributed by atoms with Crippen LogP contribution in [0.5, 0.6) is 0 Å². The van der Waals surface area contributed by atoms with E-state index in [-0.39, 0.29) is 5.91 Å². The summed E-state index contributed by atoms with van der Waals surface area (Å²) >= 11 is 0. The summed E-state index contributed by atoms with van der Waals surface area (Å²) in [6.07, 6.45) is 4.09. The van der Waals surface area contributed by atoms with Crippen molar-refractivity contribution in [2.45, 2.75) is 26.7 Å². The van der Waals surface area contributed by atoms with Gasteiger partial charge in [0.15, 0.2) is 0 Å². The Morgan fingerprint density at radius 2 is 1.87 bits per heavy atom. The first-order valence-corrected chi connectivity index (χ1v) is 5.76. The van der Waals surface area contributed by atoms with E-state index in [0.29, 0.717) is 5.41 Å². The number of piperidine rings is 1. The molecule has 0 unspecified atom stereocenters. The Morgan fingerprint density at radius 1 is 1.27 bits per heavy atom. The van der Waals surface area contributed by atoms with E-state index in [1.807, 2.05) is 18.7 Å². The van der Waals surface area contributed by atoms with Crippen molar-refractivity contribution >= 4 is 5.91 Å². The number of allylic oxidation sites excluding steroid dienone is 1. The highest BCUT2D eigenvalue weighted by atomic mass is 16.2. The van der Waals surface area contributed by atoms with Crippen LogP contribution in [0.2, 0.25) is 0 Å². The van der Waals surface area contributed by atoms with E-state index in [0.717, 1.165) is 31.8 Å². The van der Waals surface area contributed by atoms with Crippen LogP contribution in [-0.4, -0.2) is 37.0 Å². The average Bonchev–Trinajstić information content (AvgIpc) is 2.14. The third kappa shape index (κ3) is 2.23. The predicted octanol–water partition coefficient (Wildman–Crippen LogP) is 1.16. The molecule has 2 aliphatic rings. The summed E-state index contributed by atoms with van der Waals surface area (Å²) in [4.78, 5) is 13.7. The van der Waals surface area contributed by atoms with Crippen LogP contribution in [0.15, 0.2) is 11.6 Å². The number of likely N-dealkylation sites (tertiary alicyclic amines) is 1. The van der Waals surface area contributed by atoms with Gasteiger partial charge in [-0.05, 0) is 32.1 Å². The molecule has 2 aliphatic heterocycles. The molecule has 3 nitrogen and oxygen atoms in total. The lowest BCUT2D eigenvalue weighted by molar-refractivity contribution is -0.128. The van der Waals surface area contributed by atoms with E-state index < -0.39 is 0 Å². The van der Waals surface area contributed by atoms with E-state index in [2.05, 4.69) is 5.32 Å². The maximum atomic E-state index is 11.8. The fourth-order valence-electron chi connectivity index (χ4n) is 2.37. The minimum absolute atomic E-state index is 0.192. The summed E-state index contributed by atoms with van der Waals surface area (Å²) in [6.45, 7) is 8.11. The molecule has 1 amide bonds. The number of nitrogens with one attached hydrogen (secondary N) is 1. The largest absolute Gasteiger partial charge is 0.339 e. The van der Waals surface area contributed by atoms with E-state index >= 15 is 0 Å². The van der Waals surface area contributed by atoms with Gasteiger partial charge in [0.05, 0.1) is 0 Å². The quantitative estimate of drug-likeness (QED) is 0.656. The molecule has 15 heavy (non-hydrogen) atoms. The standard InChI is InChI=1S/C12H20N2O/c1-10(2)7-11(15)14-5-3-12(4-6-14)8-13-9-12/h7,13H,3-6,8-9H2,1-2H3. The lowest BCUT2D eigenvalue weighted by Crippen LogP contribution is -2.58. The minimum atomic E-state index is 0.192. The van der Waals surface area contributed by atoms with Crippen LogP contribution < -0.4 is 5.32 Å². The topological polar surface area (TPSA) is 32.3 Å². The number of rotatable bonds is 1. The Hall–Kier alpha value is -0.830. The van der Waals surface area contributed by atoms with Gasteiger partial charge < -0.3 is 10.2 Å². The Bertz CT molecular complexity index is 278. The van der Waals surface area contributed by atoms with Gasteiger partial charge in [-0.3, -0.25) is 4.79 Å². The van der Waals surface area contributed by atoms with Gasteiger partial charge in [-0.1, -0.05) is 5.57 Å². The monoisotopic (exact) mass is 208 g/mol. The van der Waals surface area contributed by atoms with Crippen LogP contribution in [0.1, 0.15) is 26.7 Å². The van der Waals surface area contributed by atoms with Crippen molar-refractivity contribution in [2.75, 3.05) is 26.2 Å². The van der Waals surface area contributed by atoms with Crippen molar-refractivity contribution in [2.24, 2.45) is 5.41 Å². The van der Waals surface area contributed by atoms with Gasteiger partial charge in [-0.15, -0.1) is 0 Å². The van der Waals surface area contributed by atoms with Gasteiger partial charge in [0.2, 0.25) is 5.91 Å². The molecule has 2 rings (SSSR count). The van der Waals surface area contributed by atoms with Gasteiger partial charge in [0, 0.05) is 32.3 Å². The fourth-order valence-corrected chi connectivity index (χ4v) is 2.37. The van der Waals surface area contributed by atoms with Crippen LogP contribution in [0, 0.1) is 5.41 Å². The van der Waals surface area contributed by atoms with E-state index in [9.17, 15) is 4.79 Å². The van der Waals surface area contributed by atoms with Crippen molar-refractivity contribution in [3.8, 4) is 0 Å². The minimum Gasteiger partial charge on any atom is -0.339 e. The second-order valence-corrected chi connectivity index (χ2v) is 5.15. The predicted molar refractivity (Wildman–Crippen MR) is 60.5 cm³/mol. The third-order valence-corrected chi connectivity index (χ3v) is 3.55. The first kappa shape index (κ1) is 10.7. The Labute approximate surface area is 91.5 Å². The summed E-state index contributed by atoms with van der Waals surface area (Å²) in [6, 6.07) is 0. The molecule has 84 valence electrons. The summed E-state index contributed by atoms with van der Waals surface area (Å²) in [5.41, 5.74) is 1.62. The number of carbonyl (C=O) groups excluding carboxylic acids is 1. The van der Waals surface area contributed by atoms with Crippen molar-refractivity contribution < 1.29 is 4.79 Å². The maximum absolute atomic E-state index is 11.8. The molecule has 0 bridgehead atoms. The first-order chi connectivity index (χ1) is 7.11. The van der Waals surface area contributed by atoms with Gasteiger partial charge in [-0.2, -0.15) is 0 Å². The highest BCUT2D eigenvalue weighted by molar-refractivity contribution is 5.88. The molecular weight excluding hydrogens is 188 g/mol. The Balaban J connectivity index is 1.87. The lowest BCUT2D eigenvalue weighted by atomic mass is 9.73. The van der Waals surface area contributed by atoms with Gasteiger partial charge in [0.1, 0.15) is 0 Å². The number of carbonyl (C=O) groups is 1. The molecule has 2 saturated heterocycles. The van der Waals surface area contributed by atoms with Gasteiger partial charge in [0.25, 0.3) is 0 Å². The van der Waals surface area contributed by atoms with Crippen molar-refractivity contribution in [1.82, 2.24) is 10.2 Å². The number of amides is 1. The SMILES string of the molecule is CC(C)=CC(=O)N1CCC2(CC1)CNC2. The fraction of sp³-hybridized carbons (Fsp3) is 0.750. The summed E-state index contributed by atoms with van der Waals surface area (Å²) in [5.74, 6) is 0.192. The molecule has 0 saturated carbocycles. The Morgan fingerprint density at radius 3 is 2.27 bits per heavy atom. The van der Waals surface area contributed by atoms with Crippen LogP contribution in [0.3, 0.4) is 0 Å². The normalized spacial score (nSPS) is 23.5. The summed E-state index contributed by atoms with van der Waals surface area (Å²) < 4.78 is 0. The van der Waals surface area contributed by atoms with Crippen LogP contribution >= 0.6 is 0 Å². The molecule has 2 fully saturated rings.